The van der Waals surface area contributed by atoms with Crippen LogP contribution in [0.5, 0.6) is 0 Å². The number of quaternary nitrogens is 2. The molecule has 2 amide bonds. The summed E-state index contributed by atoms with van der Waals surface area (Å²) < 4.78 is 34.8. The molecule has 3 fully saturated rings. The van der Waals surface area contributed by atoms with Gasteiger partial charge in [0.2, 0.25) is 13.5 Å². The number of imide groups is 1. The second kappa shape index (κ2) is 24.5. The normalized spacial score (nSPS) is 15.8. The SMILES string of the molecule is C.C.O=C(CCC(=O)ON1C(=O)CCC1=O)OC[N+]1(c2cc(=O)c3cccc(-c4ccccc4)c3o2)CCOCC1.O=C(O)CCC(=O)OC[N+]1(c2cc(=O)c3cccc(-c4ccccc4)c3o2)CCOCC1. The van der Waals surface area contributed by atoms with E-state index in [1.165, 1.54) is 12.1 Å². The highest BCUT2D eigenvalue weighted by molar-refractivity contribution is 6.01. The number of carbonyl (C=O) groups excluding carboxylic acids is 5. The molecule has 4 aromatic carbocycles. The zero-order chi connectivity index (χ0) is 50.0. The third kappa shape index (κ3) is 12.8. The molecule has 5 heterocycles. The first-order valence-electron chi connectivity index (χ1n) is 23.1. The molecule has 19 nitrogen and oxygen atoms in total. The van der Waals surface area contributed by atoms with Crippen LogP contribution in [0.1, 0.15) is 53.4 Å². The van der Waals surface area contributed by atoms with Crippen LogP contribution in [0.15, 0.2) is 128 Å². The Balaban J connectivity index is 0.000000236. The predicted octanol–water partition coefficient (Wildman–Crippen LogP) is 7.12. The summed E-state index contributed by atoms with van der Waals surface area (Å²) >= 11 is 0. The number of carboxylic acid groups (broad SMARTS) is 1. The van der Waals surface area contributed by atoms with Crippen molar-refractivity contribution in [2.45, 2.75) is 53.4 Å². The molecule has 3 aliphatic rings. The Hall–Kier alpha value is -7.84. The maximum atomic E-state index is 13.2. The number of nitrogens with zero attached hydrogens (tertiary/aromatic N) is 3. The minimum atomic E-state index is -1.06. The predicted molar refractivity (Wildman–Crippen MR) is 269 cm³/mol. The van der Waals surface area contributed by atoms with Gasteiger partial charge in [0.1, 0.15) is 26.2 Å². The number of ether oxygens (including phenoxy) is 4. The molecule has 73 heavy (non-hydrogen) atoms. The van der Waals surface area contributed by atoms with Gasteiger partial charge in [-0.1, -0.05) is 99.8 Å². The number of fused-ring (bicyclic) bond motifs is 2. The molecule has 0 aliphatic carbocycles. The number of para-hydroxylation sites is 2. The lowest BCUT2D eigenvalue weighted by atomic mass is 10.0. The first-order chi connectivity index (χ1) is 34.3. The first kappa shape index (κ1) is 54.5. The molecule has 0 saturated carbocycles. The lowest BCUT2D eigenvalue weighted by molar-refractivity contribution is -0.197. The fourth-order valence-corrected chi connectivity index (χ4v) is 8.45. The van der Waals surface area contributed by atoms with E-state index in [0.717, 1.165) is 22.3 Å². The number of benzene rings is 4. The topological polar surface area (TPSA) is 232 Å². The molecule has 0 atom stereocenters. The van der Waals surface area contributed by atoms with Gasteiger partial charge < -0.3 is 37.7 Å². The van der Waals surface area contributed by atoms with Crippen LogP contribution >= 0.6 is 0 Å². The Morgan fingerprint density at radius 1 is 0.521 bits per heavy atom. The van der Waals surface area contributed by atoms with Crippen molar-refractivity contribution in [3.8, 4) is 22.3 Å². The fraction of sp³-hybridized carbons (Fsp3) is 0.333. The van der Waals surface area contributed by atoms with Crippen LogP contribution in [0.3, 0.4) is 0 Å². The standard InChI is InChI=1S/C28H27N2O9.C24H23NO7.2CH4/c31-22-17-25(38-28-20(7-4-8-21(22)28)19-5-2-1-3-6-19)30(13-15-36-16-14-30)18-37-26(34)11-12-27(35)39-29-23(32)9-10-24(29)33;26-20-15-21(25(11-13-30-14-12-25)16-31-23(29)10-9-22(27)28)32-24-18(7-4-8-19(20)24)17-5-2-1-3-6-17;;/h1-8,17H,9-16,18H2;1-8,15H,9-14,16H2;2*1H4/q+1;;;/p+1. The van der Waals surface area contributed by atoms with Gasteiger partial charge in [-0.2, -0.15) is 0 Å². The second-order valence-electron chi connectivity index (χ2n) is 17.1. The minimum Gasteiger partial charge on any atom is -0.481 e. The average molecular weight is 1010 g/mol. The monoisotopic (exact) mass is 1010 g/mol. The molecule has 9 rings (SSSR count). The van der Waals surface area contributed by atoms with Gasteiger partial charge in [-0.05, 0) is 23.3 Å². The summed E-state index contributed by atoms with van der Waals surface area (Å²) in [6.07, 6.45) is -1.24. The molecular formula is C54H59N3O16+2. The quantitative estimate of drug-likeness (QED) is 0.0613. The summed E-state index contributed by atoms with van der Waals surface area (Å²) in [5.74, 6) is -3.69. The van der Waals surface area contributed by atoms with E-state index < -0.39 is 35.7 Å². The van der Waals surface area contributed by atoms with E-state index >= 15 is 0 Å². The van der Waals surface area contributed by atoms with E-state index in [-0.39, 0.29) is 86.7 Å². The summed E-state index contributed by atoms with van der Waals surface area (Å²) in [5, 5.41) is 10.1. The van der Waals surface area contributed by atoms with Crippen molar-refractivity contribution in [2.24, 2.45) is 0 Å². The molecule has 0 radical (unpaired) electrons. The summed E-state index contributed by atoms with van der Waals surface area (Å²) in [5.41, 5.74) is 3.90. The van der Waals surface area contributed by atoms with Gasteiger partial charge in [0.05, 0.1) is 75.0 Å². The molecule has 0 bridgehead atoms. The van der Waals surface area contributed by atoms with E-state index in [4.69, 9.17) is 37.7 Å². The lowest BCUT2D eigenvalue weighted by Crippen LogP contribution is -2.58. The van der Waals surface area contributed by atoms with Gasteiger partial charge in [-0.3, -0.25) is 33.6 Å². The van der Waals surface area contributed by atoms with Crippen molar-refractivity contribution in [1.29, 1.82) is 0 Å². The number of hydroxylamine groups is 2. The number of morpholine rings is 2. The van der Waals surface area contributed by atoms with E-state index in [2.05, 4.69) is 0 Å². The molecule has 2 aromatic heterocycles. The molecule has 0 spiro atoms. The molecule has 3 aliphatic heterocycles. The number of aliphatic carboxylic acids is 1. The van der Waals surface area contributed by atoms with Gasteiger partial charge in [0.25, 0.3) is 11.8 Å². The first-order valence-corrected chi connectivity index (χ1v) is 23.1. The maximum absolute atomic E-state index is 13.2. The highest BCUT2D eigenvalue weighted by atomic mass is 16.7. The van der Waals surface area contributed by atoms with Crippen molar-refractivity contribution in [3.05, 3.63) is 130 Å². The Bertz CT molecular complexity index is 3050. The Labute approximate surface area is 420 Å². The third-order valence-electron chi connectivity index (χ3n) is 12.5. The van der Waals surface area contributed by atoms with E-state index in [1.807, 2.05) is 84.9 Å². The van der Waals surface area contributed by atoms with Crippen LogP contribution in [0, 0.1) is 0 Å². The third-order valence-corrected chi connectivity index (χ3v) is 12.5. The smallest absolute Gasteiger partial charge is 0.333 e. The van der Waals surface area contributed by atoms with Crippen molar-refractivity contribution >= 4 is 69.4 Å². The number of hydrogen-bond acceptors (Lipinski definition) is 15. The maximum Gasteiger partial charge on any atom is 0.333 e. The molecule has 0 unspecified atom stereocenters. The van der Waals surface area contributed by atoms with Gasteiger partial charge >= 0.3 is 35.6 Å². The Morgan fingerprint density at radius 3 is 1.33 bits per heavy atom. The molecule has 6 aromatic rings. The van der Waals surface area contributed by atoms with Gasteiger partial charge in [-0.25, -0.2) is 13.8 Å². The fourth-order valence-electron chi connectivity index (χ4n) is 8.45. The van der Waals surface area contributed by atoms with Gasteiger partial charge in [0, 0.05) is 24.0 Å². The summed E-state index contributed by atoms with van der Waals surface area (Å²) in [6, 6.07) is 33.0. The van der Waals surface area contributed by atoms with Crippen LogP contribution < -0.4 is 19.8 Å². The van der Waals surface area contributed by atoms with E-state index in [0.29, 0.717) is 91.4 Å². The Kier molecular flexibility index (Phi) is 18.3. The van der Waals surface area contributed by atoms with Crippen LogP contribution in [-0.4, -0.2) is 112 Å². The average Bonchev–Trinajstić information content (AvgIpc) is 3.71. The largest absolute Gasteiger partial charge is 0.481 e. The van der Waals surface area contributed by atoms with Crippen LogP contribution in [0.25, 0.3) is 44.2 Å². The number of rotatable bonds is 15. The lowest BCUT2D eigenvalue weighted by Gasteiger charge is -2.37. The molecule has 1 N–H and O–H groups in total. The molecule has 19 heteroatoms. The van der Waals surface area contributed by atoms with Gasteiger partial charge in [0.15, 0.2) is 22.0 Å². The van der Waals surface area contributed by atoms with Crippen molar-refractivity contribution in [1.82, 2.24) is 14.0 Å². The van der Waals surface area contributed by atoms with Gasteiger partial charge in [-0.15, -0.1) is 5.06 Å². The zero-order valence-corrected chi connectivity index (χ0v) is 38.6. The minimum absolute atomic E-state index is 0. The molecule has 3 saturated heterocycles. The number of carboxylic acids is 1. The number of esters is 2. The number of carbonyl (C=O) groups is 6. The molecular weight excluding hydrogens is 947 g/mol. The Morgan fingerprint density at radius 2 is 0.918 bits per heavy atom. The summed E-state index contributed by atoms with van der Waals surface area (Å²) in [4.78, 5) is 102. The van der Waals surface area contributed by atoms with Crippen LogP contribution in [-0.2, 0) is 52.6 Å². The molecule has 384 valence electrons. The van der Waals surface area contributed by atoms with Crippen molar-refractivity contribution in [3.63, 3.8) is 0 Å². The number of amides is 2. The van der Waals surface area contributed by atoms with E-state index in [1.54, 1.807) is 12.1 Å². The van der Waals surface area contributed by atoms with Crippen LogP contribution in [0.4, 0.5) is 11.8 Å². The summed E-state index contributed by atoms with van der Waals surface area (Å²) in [7, 11) is 0. The van der Waals surface area contributed by atoms with Crippen LogP contribution in [0.2, 0.25) is 0 Å². The second-order valence-corrected chi connectivity index (χ2v) is 17.1. The zero-order valence-electron chi connectivity index (χ0n) is 38.6. The highest BCUT2D eigenvalue weighted by Crippen LogP contribution is 2.35. The van der Waals surface area contributed by atoms with Crippen molar-refractivity contribution in [2.75, 3.05) is 66.1 Å². The van der Waals surface area contributed by atoms with Crippen molar-refractivity contribution < 1.29 is 66.5 Å². The summed E-state index contributed by atoms with van der Waals surface area (Å²) in [6.45, 7) is 3.05. The highest BCUT2D eigenvalue weighted by Gasteiger charge is 2.40. The number of hydrogen-bond donors (Lipinski definition) is 1. The van der Waals surface area contributed by atoms with E-state index in [9.17, 15) is 38.4 Å².